The Morgan fingerprint density at radius 2 is 1.95 bits per heavy atom. The molecule has 100 valence electrons. The summed E-state index contributed by atoms with van der Waals surface area (Å²) < 4.78 is 5.37. The maximum Gasteiger partial charge on any atom is 0.215 e. The number of hydrogen-bond donors (Lipinski definition) is 1. The molecule has 0 fully saturated rings. The highest BCUT2D eigenvalue weighted by Gasteiger charge is 1.97. The maximum absolute atomic E-state index is 5.37. The molecule has 3 nitrogen and oxygen atoms in total. The molecular formula is C15H18N2OS. The van der Waals surface area contributed by atoms with Gasteiger partial charge in [-0.05, 0) is 25.1 Å². The van der Waals surface area contributed by atoms with Crippen LogP contribution in [0.1, 0.15) is 6.92 Å². The average molecular weight is 274 g/mol. The van der Waals surface area contributed by atoms with Gasteiger partial charge in [-0.25, -0.2) is 0 Å². The monoisotopic (exact) mass is 274 g/mol. The Bertz CT molecular complexity index is 491. The number of anilines is 1. The van der Waals surface area contributed by atoms with Crippen LogP contribution in [0.5, 0.6) is 5.88 Å². The Balaban J connectivity index is 1.75. The van der Waals surface area contributed by atoms with E-state index in [1.165, 1.54) is 4.90 Å². The molecule has 19 heavy (non-hydrogen) atoms. The number of aromatic nitrogens is 1. The van der Waals surface area contributed by atoms with Crippen LogP contribution in [0.25, 0.3) is 0 Å². The zero-order chi connectivity index (χ0) is 13.3. The maximum atomic E-state index is 5.37. The van der Waals surface area contributed by atoms with E-state index in [1.807, 2.05) is 43.0 Å². The first-order valence-corrected chi connectivity index (χ1v) is 7.38. The SMILES string of the molecule is CCOc1cccc(NCCSc2ccccc2)n1. The van der Waals surface area contributed by atoms with Crippen LogP contribution in [-0.2, 0) is 0 Å². The lowest BCUT2D eigenvalue weighted by atomic mass is 10.4. The van der Waals surface area contributed by atoms with E-state index in [4.69, 9.17) is 4.74 Å². The van der Waals surface area contributed by atoms with E-state index in [2.05, 4.69) is 34.6 Å². The number of pyridine rings is 1. The molecule has 0 amide bonds. The molecule has 2 rings (SSSR count). The third-order valence-electron chi connectivity index (χ3n) is 2.44. The third-order valence-corrected chi connectivity index (χ3v) is 3.45. The van der Waals surface area contributed by atoms with Crippen LogP contribution in [0.4, 0.5) is 5.82 Å². The van der Waals surface area contributed by atoms with Crippen LogP contribution in [0, 0.1) is 0 Å². The number of ether oxygens (including phenoxy) is 1. The van der Waals surface area contributed by atoms with Crippen molar-refractivity contribution in [3.63, 3.8) is 0 Å². The fraction of sp³-hybridized carbons (Fsp3) is 0.267. The van der Waals surface area contributed by atoms with Crippen molar-refractivity contribution in [2.75, 3.05) is 24.2 Å². The first-order chi connectivity index (χ1) is 9.38. The summed E-state index contributed by atoms with van der Waals surface area (Å²) in [7, 11) is 0. The van der Waals surface area contributed by atoms with Crippen LogP contribution in [-0.4, -0.2) is 23.9 Å². The van der Waals surface area contributed by atoms with Gasteiger partial charge in [-0.1, -0.05) is 24.3 Å². The number of nitrogens with zero attached hydrogens (tertiary/aromatic N) is 1. The van der Waals surface area contributed by atoms with Crippen LogP contribution in [0.2, 0.25) is 0 Å². The van der Waals surface area contributed by atoms with Crippen molar-refractivity contribution in [3.8, 4) is 5.88 Å². The molecule has 4 heteroatoms. The molecule has 0 saturated heterocycles. The van der Waals surface area contributed by atoms with E-state index in [1.54, 1.807) is 0 Å². The fourth-order valence-electron chi connectivity index (χ4n) is 1.61. The first kappa shape index (κ1) is 13.7. The summed E-state index contributed by atoms with van der Waals surface area (Å²) >= 11 is 1.83. The molecule has 1 N–H and O–H groups in total. The average Bonchev–Trinajstić information content (AvgIpc) is 2.46. The number of benzene rings is 1. The molecule has 1 heterocycles. The molecule has 0 aliphatic rings. The molecule has 2 aromatic rings. The lowest BCUT2D eigenvalue weighted by Gasteiger charge is -2.07. The summed E-state index contributed by atoms with van der Waals surface area (Å²) in [6, 6.07) is 16.2. The standard InChI is InChI=1S/C15H18N2OS/c1-2-18-15-10-6-9-14(17-15)16-11-12-19-13-7-4-3-5-8-13/h3-10H,2,11-12H2,1H3,(H,16,17). The topological polar surface area (TPSA) is 34.1 Å². The van der Waals surface area contributed by atoms with Gasteiger partial charge >= 0.3 is 0 Å². The van der Waals surface area contributed by atoms with Gasteiger partial charge in [0.1, 0.15) is 5.82 Å². The highest BCUT2D eigenvalue weighted by atomic mass is 32.2. The second-order valence-electron chi connectivity index (χ2n) is 3.88. The van der Waals surface area contributed by atoms with Crippen molar-refractivity contribution in [2.24, 2.45) is 0 Å². The minimum absolute atomic E-state index is 0.639. The Kier molecular flexibility index (Phi) is 5.56. The summed E-state index contributed by atoms with van der Waals surface area (Å²) in [6.07, 6.45) is 0. The van der Waals surface area contributed by atoms with Gasteiger partial charge in [-0.15, -0.1) is 11.8 Å². The second-order valence-corrected chi connectivity index (χ2v) is 5.05. The van der Waals surface area contributed by atoms with Crippen LogP contribution < -0.4 is 10.1 Å². The van der Waals surface area contributed by atoms with Crippen molar-refractivity contribution < 1.29 is 4.74 Å². The van der Waals surface area contributed by atoms with Gasteiger partial charge in [-0.2, -0.15) is 4.98 Å². The zero-order valence-electron chi connectivity index (χ0n) is 11.0. The van der Waals surface area contributed by atoms with E-state index < -0.39 is 0 Å². The predicted molar refractivity (Wildman–Crippen MR) is 81.1 cm³/mol. The molecule has 0 radical (unpaired) electrons. The van der Waals surface area contributed by atoms with Crippen LogP contribution in [0.15, 0.2) is 53.4 Å². The lowest BCUT2D eigenvalue weighted by molar-refractivity contribution is 0.327. The van der Waals surface area contributed by atoms with E-state index in [0.717, 1.165) is 18.1 Å². The number of thioether (sulfide) groups is 1. The second kappa shape index (κ2) is 7.69. The molecule has 0 atom stereocenters. The Morgan fingerprint density at radius 1 is 1.11 bits per heavy atom. The van der Waals surface area contributed by atoms with Gasteiger partial charge in [0.2, 0.25) is 5.88 Å². The molecule has 1 aromatic heterocycles. The van der Waals surface area contributed by atoms with Crippen molar-refractivity contribution >= 4 is 17.6 Å². The molecule has 0 unspecified atom stereocenters. The summed E-state index contributed by atoms with van der Waals surface area (Å²) in [4.78, 5) is 5.66. The van der Waals surface area contributed by atoms with Crippen molar-refractivity contribution in [3.05, 3.63) is 48.5 Å². The van der Waals surface area contributed by atoms with Gasteiger partial charge < -0.3 is 10.1 Å². The molecule has 0 spiro atoms. The molecular weight excluding hydrogens is 256 g/mol. The lowest BCUT2D eigenvalue weighted by Crippen LogP contribution is -2.06. The number of hydrogen-bond acceptors (Lipinski definition) is 4. The van der Waals surface area contributed by atoms with Gasteiger partial charge in [0.25, 0.3) is 0 Å². The third kappa shape index (κ3) is 4.83. The largest absolute Gasteiger partial charge is 0.478 e. The van der Waals surface area contributed by atoms with E-state index in [-0.39, 0.29) is 0 Å². The molecule has 0 aliphatic heterocycles. The Labute approximate surface area is 118 Å². The van der Waals surface area contributed by atoms with Crippen molar-refractivity contribution in [1.29, 1.82) is 0 Å². The molecule has 0 saturated carbocycles. The Hall–Kier alpha value is -1.68. The van der Waals surface area contributed by atoms with Gasteiger partial charge in [0, 0.05) is 23.3 Å². The highest BCUT2D eigenvalue weighted by molar-refractivity contribution is 7.99. The Morgan fingerprint density at radius 3 is 2.74 bits per heavy atom. The number of nitrogens with one attached hydrogen (secondary N) is 1. The highest BCUT2D eigenvalue weighted by Crippen LogP contribution is 2.17. The van der Waals surface area contributed by atoms with Gasteiger partial charge in [-0.3, -0.25) is 0 Å². The summed E-state index contributed by atoms with van der Waals surface area (Å²) in [5, 5.41) is 3.30. The molecule has 1 aromatic carbocycles. The summed E-state index contributed by atoms with van der Waals surface area (Å²) in [6.45, 7) is 3.47. The normalized spacial score (nSPS) is 10.2. The van der Waals surface area contributed by atoms with Gasteiger partial charge in [0.15, 0.2) is 0 Å². The zero-order valence-corrected chi connectivity index (χ0v) is 11.8. The quantitative estimate of drug-likeness (QED) is 0.617. The van der Waals surface area contributed by atoms with Crippen molar-refractivity contribution in [2.45, 2.75) is 11.8 Å². The van der Waals surface area contributed by atoms with Crippen molar-refractivity contribution in [1.82, 2.24) is 4.98 Å². The van der Waals surface area contributed by atoms with Crippen LogP contribution in [0.3, 0.4) is 0 Å². The summed E-state index contributed by atoms with van der Waals surface area (Å²) in [5.74, 6) is 2.53. The number of rotatable bonds is 7. The van der Waals surface area contributed by atoms with Gasteiger partial charge in [0.05, 0.1) is 6.61 Å². The minimum Gasteiger partial charge on any atom is -0.478 e. The van der Waals surface area contributed by atoms with E-state index >= 15 is 0 Å². The summed E-state index contributed by atoms with van der Waals surface area (Å²) in [5.41, 5.74) is 0. The smallest absolute Gasteiger partial charge is 0.215 e. The predicted octanol–water partition coefficient (Wildman–Crippen LogP) is 3.68. The molecule has 0 aliphatic carbocycles. The fourth-order valence-corrected chi connectivity index (χ4v) is 2.40. The van der Waals surface area contributed by atoms with Crippen LogP contribution >= 0.6 is 11.8 Å². The van der Waals surface area contributed by atoms with E-state index in [0.29, 0.717) is 12.5 Å². The molecule has 0 bridgehead atoms. The van der Waals surface area contributed by atoms with E-state index in [9.17, 15) is 0 Å². The minimum atomic E-state index is 0.639. The first-order valence-electron chi connectivity index (χ1n) is 6.40.